The van der Waals surface area contributed by atoms with Gasteiger partial charge in [-0.3, -0.25) is 19.3 Å². The van der Waals surface area contributed by atoms with Crippen molar-refractivity contribution in [2.24, 2.45) is 0 Å². The van der Waals surface area contributed by atoms with Crippen molar-refractivity contribution in [3.05, 3.63) is 65.2 Å². The molecule has 2 aromatic rings. The van der Waals surface area contributed by atoms with E-state index in [1.54, 1.807) is 0 Å². The number of anilines is 1. The molecule has 0 bridgehead atoms. The lowest BCUT2D eigenvalue weighted by molar-refractivity contribution is -0.163. The maximum absolute atomic E-state index is 13.8. The zero-order chi connectivity index (χ0) is 30.5. The Hall–Kier alpha value is -2.94. The number of amides is 3. The van der Waals surface area contributed by atoms with Gasteiger partial charge in [0.15, 0.2) is 0 Å². The van der Waals surface area contributed by atoms with Crippen molar-refractivity contribution in [1.29, 1.82) is 0 Å². The van der Waals surface area contributed by atoms with Gasteiger partial charge in [-0.15, -0.1) is 12.4 Å². The number of likely N-dealkylation sites (tertiary alicyclic amines) is 1. The normalized spacial score (nSPS) is 21.4. The molecule has 1 atom stereocenters. The van der Waals surface area contributed by atoms with Gasteiger partial charge in [0.25, 0.3) is 0 Å². The molecule has 1 spiro atoms. The molecule has 0 aromatic heterocycles. The maximum Gasteiger partial charge on any atom is 0.246 e. The molecule has 2 aliphatic heterocycles. The fourth-order valence-corrected chi connectivity index (χ4v) is 7.19. The lowest BCUT2D eigenvalue weighted by Gasteiger charge is -2.52. The standard InChI is InChI=1S/C35H48N4O4.ClH/c1-3-4-20-39-32(41)31(24-34(43)16-6-5-7-17-34)37-33(42)35(39)18-21-38(22-19-35)25-29-10-8-27(9-11-29)23-28-12-14-30(15-13-28)36-26(2)40;/h8-15,31,43H,3-7,16-25H2,1-2H3,(H,36,40)(H,37,42);1H/t31-;/m1./s1. The van der Waals surface area contributed by atoms with Gasteiger partial charge in [0.05, 0.1) is 5.60 Å². The summed E-state index contributed by atoms with van der Waals surface area (Å²) in [5.41, 5.74) is 2.79. The van der Waals surface area contributed by atoms with E-state index in [4.69, 9.17) is 0 Å². The molecule has 3 aliphatic rings. The first kappa shape index (κ1) is 33.9. The van der Waals surface area contributed by atoms with E-state index in [2.05, 4.69) is 46.7 Å². The van der Waals surface area contributed by atoms with Crippen molar-refractivity contribution in [2.75, 3.05) is 25.0 Å². The number of hydrogen-bond acceptors (Lipinski definition) is 5. The summed E-state index contributed by atoms with van der Waals surface area (Å²) in [4.78, 5) is 43.1. The molecule has 0 radical (unpaired) electrons. The molecule has 2 saturated heterocycles. The Balaban J connectivity index is 0.00000442. The number of piperidine rings is 1. The van der Waals surface area contributed by atoms with Crippen LogP contribution in [0.5, 0.6) is 0 Å². The van der Waals surface area contributed by atoms with Crippen LogP contribution in [0, 0.1) is 0 Å². The second-order valence-corrected chi connectivity index (χ2v) is 13.0. The minimum Gasteiger partial charge on any atom is -0.390 e. The molecule has 1 saturated carbocycles. The monoisotopic (exact) mass is 624 g/mol. The minimum atomic E-state index is -0.857. The Bertz CT molecular complexity index is 1270. The molecular weight excluding hydrogens is 576 g/mol. The Morgan fingerprint density at radius 2 is 1.52 bits per heavy atom. The summed E-state index contributed by atoms with van der Waals surface area (Å²) in [5, 5.41) is 17.0. The third-order valence-corrected chi connectivity index (χ3v) is 9.71. The van der Waals surface area contributed by atoms with Gasteiger partial charge in [-0.1, -0.05) is 69.0 Å². The van der Waals surface area contributed by atoms with Crippen LogP contribution < -0.4 is 10.6 Å². The van der Waals surface area contributed by atoms with Crippen LogP contribution in [-0.4, -0.2) is 69.4 Å². The Morgan fingerprint density at radius 3 is 2.11 bits per heavy atom. The third kappa shape index (κ3) is 8.01. The highest BCUT2D eigenvalue weighted by Gasteiger charge is 2.54. The van der Waals surface area contributed by atoms with Crippen LogP contribution in [0.4, 0.5) is 5.69 Å². The number of piperazine rings is 1. The molecule has 1 aliphatic carbocycles. The highest BCUT2D eigenvalue weighted by molar-refractivity contribution is 6.00. The Kier molecular flexibility index (Phi) is 11.5. The van der Waals surface area contributed by atoms with E-state index in [-0.39, 0.29) is 30.1 Å². The highest BCUT2D eigenvalue weighted by atomic mass is 35.5. The fraction of sp³-hybridized carbons (Fsp3) is 0.571. The smallest absolute Gasteiger partial charge is 0.246 e. The van der Waals surface area contributed by atoms with Crippen LogP contribution in [0.15, 0.2) is 48.5 Å². The molecule has 2 heterocycles. The molecule has 3 N–H and O–H groups in total. The van der Waals surface area contributed by atoms with E-state index in [0.717, 1.165) is 63.8 Å². The summed E-state index contributed by atoms with van der Waals surface area (Å²) in [6, 6.07) is 16.0. The summed E-state index contributed by atoms with van der Waals surface area (Å²) in [6.07, 6.45) is 8.69. The molecule has 5 rings (SSSR count). The first-order valence-electron chi connectivity index (χ1n) is 16.2. The molecule has 2 aromatic carbocycles. The van der Waals surface area contributed by atoms with Gasteiger partial charge in [0.1, 0.15) is 11.6 Å². The Morgan fingerprint density at radius 1 is 0.932 bits per heavy atom. The van der Waals surface area contributed by atoms with Crippen LogP contribution in [0.3, 0.4) is 0 Å². The molecule has 3 fully saturated rings. The van der Waals surface area contributed by atoms with Gasteiger partial charge in [-0.25, -0.2) is 0 Å². The lowest BCUT2D eigenvalue weighted by atomic mass is 9.77. The second kappa shape index (κ2) is 14.9. The Labute approximate surface area is 268 Å². The van der Waals surface area contributed by atoms with Gasteiger partial charge in [-0.2, -0.15) is 0 Å². The van der Waals surface area contributed by atoms with Gasteiger partial charge < -0.3 is 20.6 Å². The van der Waals surface area contributed by atoms with E-state index in [9.17, 15) is 19.5 Å². The number of benzene rings is 2. The summed E-state index contributed by atoms with van der Waals surface area (Å²) < 4.78 is 0. The number of unbranched alkanes of at least 4 members (excludes halogenated alkanes) is 1. The number of nitrogens with zero attached hydrogens (tertiary/aromatic N) is 2. The molecule has 8 nitrogen and oxygen atoms in total. The zero-order valence-electron chi connectivity index (χ0n) is 26.3. The van der Waals surface area contributed by atoms with Crippen LogP contribution in [0.25, 0.3) is 0 Å². The highest BCUT2D eigenvalue weighted by Crippen LogP contribution is 2.37. The summed E-state index contributed by atoms with van der Waals surface area (Å²) in [6.45, 7) is 6.52. The summed E-state index contributed by atoms with van der Waals surface area (Å²) in [5.74, 6) is -0.127. The van der Waals surface area contributed by atoms with Gasteiger partial charge >= 0.3 is 0 Å². The lowest BCUT2D eigenvalue weighted by Crippen LogP contribution is -2.73. The second-order valence-electron chi connectivity index (χ2n) is 13.0. The SMILES string of the molecule is CCCCN1C(=O)[C@@H](CC2(O)CCCCC2)NC(=O)C12CCN(Cc1ccc(Cc3ccc(NC(C)=O)cc3)cc1)CC2.Cl. The van der Waals surface area contributed by atoms with E-state index in [1.807, 2.05) is 29.2 Å². The predicted molar refractivity (Wildman–Crippen MR) is 176 cm³/mol. The average molecular weight is 625 g/mol. The number of hydrogen-bond donors (Lipinski definition) is 3. The number of rotatable bonds is 10. The molecule has 240 valence electrons. The van der Waals surface area contributed by atoms with Gasteiger partial charge in [0.2, 0.25) is 17.7 Å². The van der Waals surface area contributed by atoms with Crippen molar-refractivity contribution < 1.29 is 19.5 Å². The van der Waals surface area contributed by atoms with Gasteiger partial charge in [0, 0.05) is 45.2 Å². The first-order valence-corrected chi connectivity index (χ1v) is 16.2. The van der Waals surface area contributed by atoms with Crippen LogP contribution >= 0.6 is 12.4 Å². The fourth-order valence-electron chi connectivity index (χ4n) is 7.19. The van der Waals surface area contributed by atoms with Crippen molar-refractivity contribution >= 4 is 35.8 Å². The molecule has 0 unspecified atom stereocenters. The third-order valence-electron chi connectivity index (χ3n) is 9.71. The number of halogens is 1. The molecular formula is C35H49ClN4O4. The molecule has 9 heteroatoms. The molecule has 3 amide bonds. The number of aliphatic hydroxyl groups is 1. The van der Waals surface area contributed by atoms with Crippen molar-refractivity contribution in [2.45, 2.75) is 108 Å². The summed E-state index contributed by atoms with van der Waals surface area (Å²) in [7, 11) is 0. The minimum absolute atomic E-state index is 0. The van der Waals surface area contributed by atoms with E-state index < -0.39 is 17.2 Å². The number of carbonyl (C=O) groups is 3. The average Bonchev–Trinajstić information content (AvgIpc) is 2.99. The van der Waals surface area contributed by atoms with Crippen LogP contribution in [0.2, 0.25) is 0 Å². The van der Waals surface area contributed by atoms with Crippen LogP contribution in [0.1, 0.15) is 94.7 Å². The van der Waals surface area contributed by atoms with E-state index in [1.165, 1.54) is 23.6 Å². The quantitative estimate of drug-likeness (QED) is 0.337. The first-order chi connectivity index (χ1) is 20.7. The van der Waals surface area contributed by atoms with Crippen molar-refractivity contribution in [1.82, 2.24) is 15.1 Å². The zero-order valence-corrected chi connectivity index (χ0v) is 27.1. The number of nitrogens with one attached hydrogen (secondary N) is 2. The van der Waals surface area contributed by atoms with Gasteiger partial charge in [-0.05, 0) is 67.3 Å². The summed E-state index contributed by atoms with van der Waals surface area (Å²) >= 11 is 0. The topological polar surface area (TPSA) is 102 Å². The van der Waals surface area contributed by atoms with Crippen molar-refractivity contribution in [3.8, 4) is 0 Å². The van der Waals surface area contributed by atoms with Crippen LogP contribution in [-0.2, 0) is 27.3 Å². The maximum atomic E-state index is 13.8. The largest absolute Gasteiger partial charge is 0.390 e. The van der Waals surface area contributed by atoms with E-state index in [0.29, 0.717) is 38.6 Å². The van der Waals surface area contributed by atoms with E-state index >= 15 is 0 Å². The predicted octanol–water partition coefficient (Wildman–Crippen LogP) is 5.20. The van der Waals surface area contributed by atoms with Crippen molar-refractivity contribution in [3.63, 3.8) is 0 Å². The number of carbonyl (C=O) groups excluding carboxylic acids is 3. The molecule has 44 heavy (non-hydrogen) atoms.